The van der Waals surface area contributed by atoms with Crippen molar-refractivity contribution in [2.24, 2.45) is 11.7 Å². The van der Waals surface area contributed by atoms with Crippen molar-refractivity contribution in [1.82, 2.24) is 15.3 Å². The number of aromatic nitrogens is 2. The number of primary amides is 1. The Morgan fingerprint density at radius 1 is 1.28 bits per heavy atom. The number of piperidine rings is 1. The van der Waals surface area contributed by atoms with Gasteiger partial charge in [-0.05, 0) is 32.8 Å². The Kier molecular flexibility index (Phi) is 5.89. The quantitative estimate of drug-likeness (QED) is 0.644. The molecule has 0 aliphatic carbocycles. The molecule has 1 unspecified atom stereocenters. The van der Waals surface area contributed by atoms with Crippen molar-refractivity contribution in [3.8, 4) is 0 Å². The maximum absolute atomic E-state index is 12.3. The molecule has 1 atom stereocenters. The molecule has 9 nitrogen and oxygen atoms in total. The molecule has 0 saturated carbocycles. The Morgan fingerprint density at radius 2 is 1.84 bits per heavy atom. The van der Waals surface area contributed by atoms with Crippen LogP contribution in [0, 0.1) is 19.8 Å². The lowest BCUT2D eigenvalue weighted by molar-refractivity contribution is -0.144. The lowest BCUT2D eigenvalue weighted by Crippen LogP contribution is -2.48. The molecule has 136 valence electrons. The Morgan fingerprint density at radius 3 is 2.32 bits per heavy atom. The topological polar surface area (TPSA) is 139 Å². The Bertz CT molecular complexity index is 650. The van der Waals surface area contributed by atoms with Gasteiger partial charge < -0.3 is 21.1 Å². The highest BCUT2D eigenvalue weighted by Crippen LogP contribution is 2.21. The van der Waals surface area contributed by atoms with Crippen LogP contribution in [0.15, 0.2) is 6.07 Å². The number of aliphatic carboxylic acids is 1. The first kappa shape index (κ1) is 18.6. The third-order valence-corrected chi connectivity index (χ3v) is 4.14. The molecular formula is C16H23N5O4. The fourth-order valence-corrected chi connectivity index (χ4v) is 2.88. The first-order valence-electron chi connectivity index (χ1n) is 8.15. The highest BCUT2D eigenvalue weighted by atomic mass is 16.4. The van der Waals surface area contributed by atoms with Crippen LogP contribution in [-0.4, -0.2) is 52.0 Å². The van der Waals surface area contributed by atoms with Crippen LogP contribution in [0.4, 0.5) is 5.95 Å². The lowest BCUT2D eigenvalue weighted by atomic mass is 9.95. The van der Waals surface area contributed by atoms with Gasteiger partial charge in [-0.3, -0.25) is 9.59 Å². The minimum Gasteiger partial charge on any atom is -0.480 e. The van der Waals surface area contributed by atoms with Crippen molar-refractivity contribution in [3.05, 3.63) is 17.5 Å². The minimum absolute atomic E-state index is 0.308. The zero-order valence-electron chi connectivity index (χ0n) is 14.4. The van der Waals surface area contributed by atoms with Crippen LogP contribution in [0.5, 0.6) is 0 Å². The Hall–Kier alpha value is -2.71. The van der Waals surface area contributed by atoms with E-state index in [0.29, 0.717) is 31.9 Å². The van der Waals surface area contributed by atoms with Crippen molar-refractivity contribution in [2.45, 2.75) is 39.2 Å². The summed E-state index contributed by atoms with van der Waals surface area (Å²) in [6.07, 6.45) is 0.701. The second-order valence-electron chi connectivity index (χ2n) is 6.28. The van der Waals surface area contributed by atoms with Crippen LogP contribution in [0.25, 0.3) is 0 Å². The highest BCUT2D eigenvalue weighted by molar-refractivity contribution is 5.89. The molecule has 1 aliphatic heterocycles. The SMILES string of the molecule is Cc1cc(C)nc(N2CCC(C(=O)NC(CC(N)=O)C(=O)O)CC2)n1. The number of nitrogens with zero attached hydrogens (tertiary/aromatic N) is 3. The number of nitrogens with one attached hydrogen (secondary N) is 1. The van der Waals surface area contributed by atoms with E-state index in [9.17, 15) is 14.4 Å². The summed E-state index contributed by atoms with van der Waals surface area (Å²) in [5.74, 6) is -2.07. The molecule has 0 spiro atoms. The van der Waals surface area contributed by atoms with Gasteiger partial charge in [-0.1, -0.05) is 0 Å². The van der Waals surface area contributed by atoms with Crippen LogP contribution in [-0.2, 0) is 14.4 Å². The van der Waals surface area contributed by atoms with Crippen LogP contribution in [0.1, 0.15) is 30.7 Å². The van der Waals surface area contributed by atoms with Gasteiger partial charge in [0.15, 0.2) is 0 Å². The lowest BCUT2D eigenvalue weighted by Gasteiger charge is -2.32. The van der Waals surface area contributed by atoms with E-state index in [1.807, 2.05) is 24.8 Å². The third kappa shape index (κ3) is 5.13. The first-order chi connectivity index (χ1) is 11.8. The molecule has 25 heavy (non-hydrogen) atoms. The smallest absolute Gasteiger partial charge is 0.326 e. The summed E-state index contributed by atoms with van der Waals surface area (Å²) in [4.78, 5) is 45.1. The van der Waals surface area contributed by atoms with E-state index in [1.165, 1.54) is 0 Å². The average molecular weight is 349 g/mol. The number of hydrogen-bond acceptors (Lipinski definition) is 6. The summed E-state index contributed by atoms with van der Waals surface area (Å²) >= 11 is 0. The van der Waals surface area contributed by atoms with Crippen LogP contribution < -0.4 is 16.0 Å². The van der Waals surface area contributed by atoms with Gasteiger partial charge in [0, 0.05) is 30.4 Å². The van der Waals surface area contributed by atoms with E-state index in [-0.39, 0.29) is 11.8 Å². The van der Waals surface area contributed by atoms with Gasteiger partial charge in [0.1, 0.15) is 6.04 Å². The molecule has 0 radical (unpaired) electrons. The van der Waals surface area contributed by atoms with Gasteiger partial charge in [0.05, 0.1) is 6.42 Å². The number of carbonyl (C=O) groups excluding carboxylic acids is 2. The number of carbonyl (C=O) groups is 3. The summed E-state index contributed by atoms with van der Waals surface area (Å²) in [5, 5.41) is 11.5. The van der Waals surface area contributed by atoms with E-state index in [2.05, 4.69) is 15.3 Å². The van der Waals surface area contributed by atoms with Crippen LogP contribution >= 0.6 is 0 Å². The molecule has 2 heterocycles. The van der Waals surface area contributed by atoms with Gasteiger partial charge in [0.2, 0.25) is 17.8 Å². The Balaban J connectivity index is 1.93. The predicted octanol–water partition coefficient (Wildman–Crippen LogP) is -0.245. The molecule has 0 bridgehead atoms. The zero-order valence-corrected chi connectivity index (χ0v) is 14.4. The van der Waals surface area contributed by atoms with Crippen molar-refractivity contribution >= 4 is 23.7 Å². The number of carboxylic acid groups (broad SMARTS) is 1. The Labute approximate surface area is 145 Å². The van der Waals surface area contributed by atoms with E-state index >= 15 is 0 Å². The van der Waals surface area contributed by atoms with Crippen LogP contribution in [0.3, 0.4) is 0 Å². The normalized spacial score (nSPS) is 16.3. The fourth-order valence-electron chi connectivity index (χ4n) is 2.88. The van der Waals surface area contributed by atoms with Crippen molar-refractivity contribution in [2.75, 3.05) is 18.0 Å². The summed E-state index contributed by atoms with van der Waals surface area (Å²) in [5.41, 5.74) is 6.79. The van der Waals surface area contributed by atoms with Crippen LogP contribution in [0.2, 0.25) is 0 Å². The molecular weight excluding hydrogens is 326 g/mol. The zero-order chi connectivity index (χ0) is 18.6. The van der Waals surface area contributed by atoms with Crippen molar-refractivity contribution < 1.29 is 19.5 Å². The van der Waals surface area contributed by atoms with Crippen molar-refractivity contribution in [1.29, 1.82) is 0 Å². The monoisotopic (exact) mass is 349 g/mol. The number of aryl methyl sites for hydroxylation is 2. The predicted molar refractivity (Wildman–Crippen MR) is 89.8 cm³/mol. The summed E-state index contributed by atoms with van der Waals surface area (Å²) in [6, 6.07) is 0.611. The molecule has 0 aromatic carbocycles. The summed E-state index contributed by atoms with van der Waals surface area (Å²) < 4.78 is 0. The molecule has 1 aromatic heterocycles. The van der Waals surface area contributed by atoms with Gasteiger partial charge >= 0.3 is 5.97 Å². The average Bonchev–Trinajstić information content (AvgIpc) is 2.53. The maximum atomic E-state index is 12.3. The number of rotatable bonds is 6. The molecule has 4 N–H and O–H groups in total. The second-order valence-corrected chi connectivity index (χ2v) is 6.28. The van der Waals surface area contributed by atoms with E-state index < -0.39 is 24.3 Å². The first-order valence-corrected chi connectivity index (χ1v) is 8.15. The molecule has 1 fully saturated rings. The molecule has 1 aromatic rings. The molecule has 1 saturated heterocycles. The van der Waals surface area contributed by atoms with Crippen molar-refractivity contribution in [3.63, 3.8) is 0 Å². The van der Waals surface area contributed by atoms with Gasteiger partial charge in [-0.15, -0.1) is 0 Å². The largest absolute Gasteiger partial charge is 0.480 e. The fraction of sp³-hybridized carbons (Fsp3) is 0.562. The molecule has 2 amide bonds. The number of anilines is 1. The number of nitrogens with two attached hydrogens (primary N) is 1. The van der Waals surface area contributed by atoms with Gasteiger partial charge in [-0.25, -0.2) is 14.8 Å². The summed E-state index contributed by atoms with van der Waals surface area (Å²) in [6.45, 7) is 5.02. The standard InChI is InChI=1S/C16H23N5O4/c1-9-7-10(2)19-16(18-9)21-5-3-11(4-6-21)14(23)20-12(15(24)25)8-13(17)22/h7,11-12H,3-6,8H2,1-2H3,(H2,17,22)(H,20,23)(H,24,25). The molecule has 1 aliphatic rings. The van der Waals surface area contributed by atoms with Gasteiger partial charge in [0.25, 0.3) is 0 Å². The third-order valence-electron chi connectivity index (χ3n) is 4.14. The van der Waals surface area contributed by atoms with E-state index in [0.717, 1.165) is 11.4 Å². The number of amides is 2. The van der Waals surface area contributed by atoms with Gasteiger partial charge in [-0.2, -0.15) is 0 Å². The molecule has 9 heteroatoms. The summed E-state index contributed by atoms with van der Waals surface area (Å²) in [7, 11) is 0. The highest BCUT2D eigenvalue weighted by Gasteiger charge is 2.30. The number of hydrogen-bond donors (Lipinski definition) is 3. The molecule has 2 rings (SSSR count). The van der Waals surface area contributed by atoms with E-state index in [1.54, 1.807) is 0 Å². The second kappa shape index (κ2) is 7.91. The van der Waals surface area contributed by atoms with E-state index in [4.69, 9.17) is 10.8 Å². The number of carboxylic acids is 1. The minimum atomic E-state index is -1.29. The maximum Gasteiger partial charge on any atom is 0.326 e.